The molecule has 1 fully saturated rings. The van der Waals surface area contributed by atoms with Crippen LogP contribution in [0.25, 0.3) is 16.4 Å². The number of rotatable bonds is 4. The molecule has 0 spiro atoms. The Balaban J connectivity index is 1.54. The van der Waals surface area contributed by atoms with Crippen LogP contribution in [0.3, 0.4) is 0 Å². The Morgan fingerprint density at radius 2 is 1.96 bits per heavy atom. The van der Waals surface area contributed by atoms with E-state index in [-0.39, 0.29) is 5.56 Å². The second-order valence-corrected chi connectivity index (χ2v) is 6.79. The molecule has 0 unspecified atom stereocenters. The summed E-state index contributed by atoms with van der Waals surface area (Å²) < 4.78 is 3.45. The van der Waals surface area contributed by atoms with Crippen molar-refractivity contribution >= 4 is 28.4 Å². The average molecular weight is 359 g/mol. The second-order valence-electron chi connectivity index (χ2n) is 6.79. The summed E-state index contributed by atoms with van der Waals surface area (Å²) >= 11 is 0. The number of aromatic nitrogens is 4. The first kappa shape index (κ1) is 15.7. The highest BCUT2D eigenvalue weighted by atomic mass is 16.1. The number of carbonyl (C=O) groups is 1. The normalized spacial score (nSPS) is 13.9. The molecule has 1 saturated heterocycles. The molecule has 0 bridgehead atoms. The summed E-state index contributed by atoms with van der Waals surface area (Å²) in [5.41, 5.74) is 3.03. The maximum absolute atomic E-state index is 13.0. The van der Waals surface area contributed by atoms with E-state index in [4.69, 9.17) is 0 Å². The summed E-state index contributed by atoms with van der Waals surface area (Å²) in [6.45, 7) is 2.38. The first-order valence-electron chi connectivity index (χ1n) is 8.88. The fraction of sp³-hybridized carbons (Fsp3) is 0.200. The van der Waals surface area contributed by atoms with Gasteiger partial charge in [-0.25, -0.2) is 4.98 Å². The molecule has 27 heavy (non-hydrogen) atoms. The first-order valence-corrected chi connectivity index (χ1v) is 8.88. The summed E-state index contributed by atoms with van der Waals surface area (Å²) in [6.07, 6.45) is 10.8. The van der Waals surface area contributed by atoms with Crippen LogP contribution in [0, 0.1) is 0 Å². The van der Waals surface area contributed by atoms with Gasteiger partial charge < -0.3 is 13.9 Å². The standard InChI is InChI=1S/C20H17N5O2/c26-13-14-2-3-19-22-15(12-25(19)10-14)11-24-7-4-16-17(20(24)27)8-21-9-18(16)23-5-1-6-23/h2-4,7-10,12-13H,1,5-6,11H2. The smallest absolute Gasteiger partial charge is 0.260 e. The van der Waals surface area contributed by atoms with Crippen LogP contribution in [0.5, 0.6) is 0 Å². The maximum atomic E-state index is 13.0. The third-order valence-electron chi connectivity index (χ3n) is 5.07. The maximum Gasteiger partial charge on any atom is 0.260 e. The zero-order valence-corrected chi connectivity index (χ0v) is 14.6. The summed E-state index contributed by atoms with van der Waals surface area (Å²) in [5, 5.41) is 1.56. The Hall–Kier alpha value is -3.48. The molecule has 0 aliphatic carbocycles. The lowest BCUT2D eigenvalue weighted by atomic mass is 10.1. The molecule has 0 N–H and O–H groups in total. The number of anilines is 1. The van der Waals surface area contributed by atoms with Gasteiger partial charge in [0.2, 0.25) is 0 Å². The fourth-order valence-electron chi connectivity index (χ4n) is 3.51. The molecule has 0 atom stereocenters. The van der Waals surface area contributed by atoms with Gasteiger partial charge >= 0.3 is 0 Å². The van der Waals surface area contributed by atoms with Crippen LogP contribution in [-0.4, -0.2) is 38.3 Å². The highest BCUT2D eigenvalue weighted by Gasteiger charge is 2.18. The van der Waals surface area contributed by atoms with Crippen molar-refractivity contribution in [1.29, 1.82) is 0 Å². The molecule has 7 nitrogen and oxygen atoms in total. The molecule has 0 radical (unpaired) electrons. The van der Waals surface area contributed by atoms with Crippen molar-refractivity contribution in [3.8, 4) is 0 Å². The third kappa shape index (κ3) is 2.59. The van der Waals surface area contributed by atoms with E-state index in [9.17, 15) is 9.59 Å². The molecule has 4 aromatic heterocycles. The van der Waals surface area contributed by atoms with Gasteiger partial charge in [0, 0.05) is 48.8 Å². The van der Waals surface area contributed by atoms with Crippen LogP contribution in [0.1, 0.15) is 22.5 Å². The quantitative estimate of drug-likeness (QED) is 0.522. The van der Waals surface area contributed by atoms with Gasteiger partial charge in [0.05, 0.1) is 29.5 Å². The van der Waals surface area contributed by atoms with E-state index in [1.165, 1.54) is 6.42 Å². The number of pyridine rings is 3. The lowest BCUT2D eigenvalue weighted by Crippen LogP contribution is -2.37. The predicted molar refractivity (Wildman–Crippen MR) is 103 cm³/mol. The Morgan fingerprint density at radius 3 is 2.74 bits per heavy atom. The van der Waals surface area contributed by atoms with Crippen LogP contribution in [0.15, 0.2) is 54.0 Å². The third-order valence-corrected chi connectivity index (χ3v) is 5.07. The number of nitrogens with zero attached hydrogens (tertiary/aromatic N) is 5. The number of imidazole rings is 1. The number of hydrogen-bond acceptors (Lipinski definition) is 5. The highest BCUT2D eigenvalue weighted by molar-refractivity contribution is 5.92. The summed E-state index contributed by atoms with van der Waals surface area (Å²) in [5.74, 6) is 0. The first-order chi connectivity index (χ1) is 13.2. The van der Waals surface area contributed by atoms with Gasteiger partial charge in [-0.2, -0.15) is 0 Å². The van der Waals surface area contributed by atoms with Gasteiger partial charge in [0.15, 0.2) is 6.29 Å². The van der Waals surface area contributed by atoms with E-state index in [1.807, 2.05) is 24.7 Å². The summed E-state index contributed by atoms with van der Waals surface area (Å²) in [4.78, 5) is 34.9. The van der Waals surface area contributed by atoms with Crippen molar-refractivity contribution in [2.75, 3.05) is 18.0 Å². The van der Waals surface area contributed by atoms with Gasteiger partial charge in [-0.05, 0) is 24.6 Å². The van der Waals surface area contributed by atoms with E-state index >= 15 is 0 Å². The van der Waals surface area contributed by atoms with E-state index < -0.39 is 0 Å². The minimum Gasteiger partial charge on any atom is -0.370 e. The molecule has 4 aromatic rings. The fourth-order valence-corrected chi connectivity index (χ4v) is 3.51. The van der Waals surface area contributed by atoms with E-state index in [0.29, 0.717) is 17.5 Å². The molecule has 134 valence electrons. The zero-order valence-electron chi connectivity index (χ0n) is 14.6. The predicted octanol–water partition coefficient (Wildman–Crippen LogP) is 2.12. The van der Waals surface area contributed by atoms with Crippen molar-refractivity contribution in [1.82, 2.24) is 18.9 Å². The van der Waals surface area contributed by atoms with Crippen LogP contribution in [0.4, 0.5) is 5.69 Å². The van der Waals surface area contributed by atoms with Crippen LogP contribution in [-0.2, 0) is 6.54 Å². The minimum atomic E-state index is -0.0759. The average Bonchev–Trinajstić information content (AvgIpc) is 3.04. The van der Waals surface area contributed by atoms with Crippen molar-refractivity contribution in [3.63, 3.8) is 0 Å². The number of carbonyl (C=O) groups excluding carboxylic acids is 1. The highest BCUT2D eigenvalue weighted by Crippen LogP contribution is 2.27. The van der Waals surface area contributed by atoms with Crippen LogP contribution < -0.4 is 10.5 Å². The Morgan fingerprint density at radius 1 is 1.07 bits per heavy atom. The lowest BCUT2D eigenvalue weighted by molar-refractivity contribution is 0.112. The molecule has 1 aliphatic rings. The van der Waals surface area contributed by atoms with E-state index in [2.05, 4.69) is 14.9 Å². The van der Waals surface area contributed by atoms with Gasteiger partial charge in [0.1, 0.15) is 5.65 Å². The molecule has 0 saturated carbocycles. The number of hydrogen-bond donors (Lipinski definition) is 0. The van der Waals surface area contributed by atoms with Gasteiger partial charge in [0.25, 0.3) is 5.56 Å². The topological polar surface area (TPSA) is 72.5 Å². The number of fused-ring (bicyclic) bond motifs is 2. The second kappa shape index (κ2) is 6.05. The molecule has 1 aliphatic heterocycles. The summed E-state index contributed by atoms with van der Waals surface area (Å²) in [6, 6.07) is 5.50. The van der Waals surface area contributed by atoms with Crippen molar-refractivity contribution < 1.29 is 4.79 Å². The van der Waals surface area contributed by atoms with Crippen LogP contribution in [0.2, 0.25) is 0 Å². The van der Waals surface area contributed by atoms with Crippen molar-refractivity contribution in [2.24, 2.45) is 0 Å². The molecular weight excluding hydrogens is 342 g/mol. The minimum absolute atomic E-state index is 0.0759. The monoisotopic (exact) mass is 359 g/mol. The SMILES string of the molecule is O=Cc1ccc2nc(Cn3ccc4c(N5CCC5)cncc4c3=O)cn2c1. The molecule has 0 aromatic carbocycles. The van der Waals surface area contributed by atoms with Gasteiger partial charge in [-0.15, -0.1) is 0 Å². The van der Waals surface area contributed by atoms with Crippen molar-refractivity contribution in [2.45, 2.75) is 13.0 Å². The molecule has 5 heterocycles. The van der Waals surface area contributed by atoms with Gasteiger partial charge in [-0.1, -0.05) is 0 Å². The Labute approximate surface area is 154 Å². The summed E-state index contributed by atoms with van der Waals surface area (Å²) in [7, 11) is 0. The number of aldehydes is 1. The zero-order chi connectivity index (χ0) is 18.4. The van der Waals surface area contributed by atoms with E-state index in [0.717, 1.165) is 41.8 Å². The molecule has 0 amide bonds. The van der Waals surface area contributed by atoms with Gasteiger partial charge in [-0.3, -0.25) is 14.6 Å². The lowest BCUT2D eigenvalue weighted by Gasteiger charge is -2.33. The van der Waals surface area contributed by atoms with Crippen LogP contribution >= 0.6 is 0 Å². The molecule has 5 rings (SSSR count). The van der Waals surface area contributed by atoms with E-state index in [1.54, 1.807) is 33.5 Å². The Bertz CT molecular complexity index is 1240. The van der Waals surface area contributed by atoms with Crippen molar-refractivity contribution in [3.05, 3.63) is 70.8 Å². The molecule has 7 heteroatoms. The molecular formula is C20H17N5O2. The Kier molecular flexibility index (Phi) is 3.53. The largest absolute Gasteiger partial charge is 0.370 e.